The molecule has 3 aromatic carbocycles. The molecule has 0 bridgehead atoms. The van der Waals surface area contributed by atoms with E-state index in [0.717, 1.165) is 16.7 Å². The fourth-order valence-electron chi connectivity index (χ4n) is 3.29. The highest BCUT2D eigenvalue weighted by atomic mass is 35.5. The molecule has 0 saturated carbocycles. The van der Waals surface area contributed by atoms with Gasteiger partial charge in [0.25, 0.3) is 11.1 Å². The van der Waals surface area contributed by atoms with Crippen LogP contribution in [0.3, 0.4) is 0 Å². The zero-order chi connectivity index (χ0) is 24.2. The fourth-order valence-corrected chi connectivity index (χ4v) is 4.53. The van der Waals surface area contributed by atoms with Crippen molar-refractivity contribution in [1.29, 1.82) is 0 Å². The van der Waals surface area contributed by atoms with E-state index in [1.165, 1.54) is 12.1 Å². The summed E-state index contributed by atoms with van der Waals surface area (Å²) in [7, 11) is 0. The molecule has 1 aliphatic heterocycles. The number of amides is 2. The zero-order valence-corrected chi connectivity index (χ0v) is 20.2. The van der Waals surface area contributed by atoms with Gasteiger partial charge in [0.05, 0.1) is 22.2 Å². The van der Waals surface area contributed by atoms with Gasteiger partial charge in [-0.05, 0) is 84.4 Å². The molecule has 1 saturated heterocycles. The minimum absolute atomic E-state index is 0.0941. The van der Waals surface area contributed by atoms with Crippen LogP contribution in [0.15, 0.2) is 65.6 Å². The van der Waals surface area contributed by atoms with Crippen LogP contribution in [0.1, 0.15) is 18.1 Å². The standard InChI is InChI=1S/C25H18Cl2FNO4S/c1-2-32-21-12-16(11-20(27)23(21)33-14-15-4-3-5-18(28)10-15)13-22-24(30)29(25(31)34-22)19-8-6-17(26)7-9-19/h3-13H,2,14H2,1H3/b22-13+. The van der Waals surface area contributed by atoms with E-state index in [2.05, 4.69) is 0 Å². The van der Waals surface area contributed by atoms with Crippen molar-refractivity contribution in [3.8, 4) is 11.5 Å². The first-order valence-corrected chi connectivity index (χ1v) is 11.8. The molecule has 0 aromatic heterocycles. The lowest BCUT2D eigenvalue weighted by molar-refractivity contribution is -0.113. The van der Waals surface area contributed by atoms with Crippen LogP contribution in [-0.2, 0) is 11.4 Å². The van der Waals surface area contributed by atoms with Gasteiger partial charge >= 0.3 is 0 Å². The minimum Gasteiger partial charge on any atom is -0.490 e. The van der Waals surface area contributed by atoms with Crippen molar-refractivity contribution in [3.63, 3.8) is 0 Å². The number of imide groups is 1. The highest BCUT2D eigenvalue weighted by Crippen LogP contribution is 2.40. The third-order valence-corrected chi connectivity index (χ3v) is 6.18. The summed E-state index contributed by atoms with van der Waals surface area (Å²) in [5.41, 5.74) is 1.64. The van der Waals surface area contributed by atoms with Gasteiger partial charge < -0.3 is 9.47 Å². The van der Waals surface area contributed by atoms with Crippen LogP contribution in [0.25, 0.3) is 6.08 Å². The summed E-state index contributed by atoms with van der Waals surface area (Å²) in [6, 6.07) is 15.8. The summed E-state index contributed by atoms with van der Waals surface area (Å²) < 4.78 is 25.0. The van der Waals surface area contributed by atoms with Gasteiger partial charge in [0.1, 0.15) is 12.4 Å². The normalized spacial score (nSPS) is 14.7. The number of carbonyl (C=O) groups excluding carboxylic acids is 2. The summed E-state index contributed by atoms with van der Waals surface area (Å²) in [6.45, 7) is 2.26. The van der Waals surface area contributed by atoms with E-state index in [1.807, 2.05) is 6.92 Å². The van der Waals surface area contributed by atoms with E-state index in [-0.39, 0.29) is 22.4 Å². The van der Waals surface area contributed by atoms with Crippen molar-refractivity contribution in [2.24, 2.45) is 0 Å². The van der Waals surface area contributed by atoms with E-state index >= 15 is 0 Å². The predicted octanol–water partition coefficient (Wildman–Crippen LogP) is 7.35. The Balaban J connectivity index is 1.60. The first-order chi connectivity index (χ1) is 16.4. The molecule has 1 aliphatic rings. The van der Waals surface area contributed by atoms with Gasteiger partial charge in [-0.1, -0.05) is 35.3 Å². The number of nitrogens with zero attached hydrogens (tertiary/aromatic N) is 1. The molecule has 0 spiro atoms. The maximum Gasteiger partial charge on any atom is 0.298 e. The Morgan fingerprint density at radius 1 is 1.03 bits per heavy atom. The van der Waals surface area contributed by atoms with Crippen LogP contribution in [0, 0.1) is 5.82 Å². The Labute approximate surface area is 210 Å². The van der Waals surface area contributed by atoms with Crippen molar-refractivity contribution in [2.45, 2.75) is 13.5 Å². The number of hydrogen-bond donors (Lipinski definition) is 0. The molecule has 34 heavy (non-hydrogen) atoms. The van der Waals surface area contributed by atoms with E-state index < -0.39 is 11.1 Å². The molecular formula is C25H18Cl2FNO4S. The van der Waals surface area contributed by atoms with Gasteiger partial charge in [0, 0.05) is 5.02 Å². The lowest BCUT2D eigenvalue weighted by Gasteiger charge is -2.15. The molecule has 0 radical (unpaired) electrons. The Bertz CT molecular complexity index is 1280. The maximum atomic E-state index is 13.5. The number of benzene rings is 3. The number of anilines is 1. The summed E-state index contributed by atoms with van der Waals surface area (Å²) in [6.07, 6.45) is 1.57. The molecule has 0 N–H and O–H groups in total. The molecular weight excluding hydrogens is 500 g/mol. The van der Waals surface area contributed by atoms with Crippen molar-refractivity contribution in [2.75, 3.05) is 11.5 Å². The van der Waals surface area contributed by atoms with E-state index in [1.54, 1.807) is 54.6 Å². The molecule has 3 aromatic rings. The Hall–Kier alpha value is -3.00. The highest BCUT2D eigenvalue weighted by molar-refractivity contribution is 8.19. The largest absolute Gasteiger partial charge is 0.490 e. The van der Waals surface area contributed by atoms with Crippen molar-refractivity contribution in [3.05, 3.63) is 92.6 Å². The van der Waals surface area contributed by atoms with E-state index in [0.29, 0.717) is 39.9 Å². The SMILES string of the molecule is CCOc1cc(/C=C2/SC(=O)N(c3ccc(Cl)cc3)C2=O)cc(Cl)c1OCc1cccc(F)c1. The third-order valence-electron chi connectivity index (χ3n) is 4.78. The van der Waals surface area contributed by atoms with Crippen LogP contribution in [0.2, 0.25) is 10.0 Å². The monoisotopic (exact) mass is 517 g/mol. The molecule has 0 unspecified atom stereocenters. The second-order valence-corrected chi connectivity index (χ2v) is 9.01. The average Bonchev–Trinajstić information content (AvgIpc) is 3.07. The topological polar surface area (TPSA) is 55.8 Å². The number of rotatable bonds is 7. The minimum atomic E-state index is -0.446. The van der Waals surface area contributed by atoms with Gasteiger partial charge in [-0.3, -0.25) is 9.59 Å². The first-order valence-electron chi connectivity index (χ1n) is 10.2. The molecule has 9 heteroatoms. The number of hydrogen-bond acceptors (Lipinski definition) is 5. The number of halogens is 3. The van der Waals surface area contributed by atoms with Gasteiger partial charge in [0.15, 0.2) is 11.5 Å². The van der Waals surface area contributed by atoms with Crippen LogP contribution in [-0.4, -0.2) is 17.8 Å². The fraction of sp³-hybridized carbons (Fsp3) is 0.120. The second kappa shape index (κ2) is 10.5. The van der Waals surface area contributed by atoms with Crippen molar-refractivity contribution >= 4 is 57.9 Å². The number of carbonyl (C=O) groups is 2. The van der Waals surface area contributed by atoms with Crippen LogP contribution >= 0.6 is 35.0 Å². The van der Waals surface area contributed by atoms with Gasteiger partial charge in [0.2, 0.25) is 0 Å². The van der Waals surface area contributed by atoms with E-state index in [9.17, 15) is 14.0 Å². The molecule has 174 valence electrons. The molecule has 0 aliphatic carbocycles. The van der Waals surface area contributed by atoms with Crippen molar-refractivity contribution in [1.82, 2.24) is 0 Å². The molecule has 4 rings (SSSR count). The molecule has 5 nitrogen and oxygen atoms in total. The Morgan fingerprint density at radius 3 is 2.50 bits per heavy atom. The predicted molar refractivity (Wildman–Crippen MR) is 133 cm³/mol. The lowest BCUT2D eigenvalue weighted by atomic mass is 10.1. The smallest absolute Gasteiger partial charge is 0.298 e. The van der Waals surface area contributed by atoms with E-state index in [4.69, 9.17) is 32.7 Å². The van der Waals surface area contributed by atoms with Gasteiger partial charge in [-0.25, -0.2) is 9.29 Å². The Kier molecular flexibility index (Phi) is 7.46. The van der Waals surface area contributed by atoms with Crippen molar-refractivity contribution < 1.29 is 23.5 Å². The number of thioether (sulfide) groups is 1. The van der Waals surface area contributed by atoms with Crippen LogP contribution < -0.4 is 14.4 Å². The quantitative estimate of drug-likeness (QED) is 0.306. The summed E-state index contributed by atoms with van der Waals surface area (Å²) >= 11 is 13.2. The van der Waals surface area contributed by atoms with Crippen LogP contribution in [0.5, 0.6) is 11.5 Å². The highest BCUT2D eigenvalue weighted by Gasteiger charge is 2.36. The molecule has 2 amide bonds. The van der Waals surface area contributed by atoms with Gasteiger partial charge in [-0.15, -0.1) is 0 Å². The van der Waals surface area contributed by atoms with Gasteiger partial charge in [-0.2, -0.15) is 0 Å². The maximum absolute atomic E-state index is 13.5. The average molecular weight is 518 g/mol. The lowest BCUT2D eigenvalue weighted by Crippen LogP contribution is -2.27. The molecule has 1 fully saturated rings. The summed E-state index contributed by atoms with van der Waals surface area (Å²) in [5.74, 6) is -0.133. The second-order valence-electron chi connectivity index (χ2n) is 7.18. The molecule has 1 heterocycles. The Morgan fingerprint density at radius 2 is 1.79 bits per heavy atom. The summed E-state index contributed by atoms with van der Waals surface area (Å²) in [5, 5.41) is 0.347. The molecule has 0 atom stereocenters. The summed E-state index contributed by atoms with van der Waals surface area (Å²) in [4.78, 5) is 26.8. The van der Waals surface area contributed by atoms with Crippen LogP contribution in [0.4, 0.5) is 14.9 Å². The zero-order valence-electron chi connectivity index (χ0n) is 17.9. The number of ether oxygens (including phenoxy) is 2. The third kappa shape index (κ3) is 5.38. The first kappa shape index (κ1) is 24.1.